The number of carbonyl (C=O) groups excluding carboxylic acids is 1. The molecule has 2 aromatic rings. The van der Waals surface area contributed by atoms with Crippen molar-refractivity contribution in [3.05, 3.63) is 63.7 Å². The fourth-order valence-electron chi connectivity index (χ4n) is 3.04. The van der Waals surface area contributed by atoms with Crippen LogP contribution in [-0.4, -0.2) is 53.2 Å². The fourth-order valence-corrected chi connectivity index (χ4v) is 3.26. The number of ether oxygens (including phenoxy) is 3. The third kappa shape index (κ3) is 8.39. The minimum Gasteiger partial charge on any atom is -0.487 e. The van der Waals surface area contributed by atoms with Crippen LogP contribution >= 0.6 is 12.2 Å². The standard InChI is InChI=1S/C22H14F13N3O6S/c1-2-42-14-7-6-10(8-13(14)38(40)41)15(39)37-16(45)36-12-5-3-4-11(9-12)17(23,24)19(27,28)43-20(29,30)18(25,26)21(31,32)44-22(33,34)35/h3-9H,2H2,1H3,(H2,36,37,39,45). The number of nitrogens with zero attached hydrogens (tertiary/aromatic N) is 1. The van der Waals surface area contributed by atoms with Gasteiger partial charge in [-0.15, -0.1) is 13.2 Å². The molecule has 0 radical (unpaired) electrons. The van der Waals surface area contributed by atoms with E-state index in [4.69, 9.17) is 17.0 Å². The molecule has 0 saturated heterocycles. The number of hydrogen-bond donors (Lipinski definition) is 2. The number of rotatable bonds is 12. The largest absolute Gasteiger partial charge is 0.527 e. The molecule has 23 heteroatoms. The second kappa shape index (κ2) is 12.8. The molecule has 45 heavy (non-hydrogen) atoms. The number of benzene rings is 2. The summed E-state index contributed by atoms with van der Waals surface area (Å²) in [7, 11) is 0. The quantitative estimate of drug-likeness (QED) is 0.104. The molecule has 0 aromatic heterocycles. The first-order valence-electron chi connectivity index (χ1n) is 11.3. The van der Waals surface area contributed by atoms with Gasteiger partial charge in [-0.2, -0.15) is 43.9 Å². The number of nitro benzene ring substituents is 1. The number of hydrogen-bond acceptors (Lipinski definition) is 7. The SMILES string of the molecule is CCOc1ccc(C(=O)NC(=S)Nc2cccc(C(F)(F)C(F)(F)OC(F)(F)C(F)(F)C(F)(F)OC(F)(F)F)c2)cc1[N+](=O)[O-]. The lowest BCUT2D eigenvalue weighted by molar-refractivity contribution is -0.535. The zero-order valence-corrected chi connectivity index (χ0v) is 22.3. The number of nitro groups is 1. The van der Waals surface area contributed by atoms with Crippen LogP contribution in [0.1, 0.15) is 22.8 Å². The van der Waals surface area contributed by atoms with Crippen LogP contribution in [0.25, 0.3) is 0 Å². The van der Waals surface area contributed by atoms with Crippen LogP contribution in [0.3, 0.4) is 0 Å². The van der Waals surface area contributed by atoms with Crippen LogP contribution < -0.4 is 15.4 Å². The van der Waals surface area contributed by atoms with Gasteiger partial charge in [0.05, 0.1) is 11.5 Å². The van der Waals surface area contributed by atoms with Gasteiger partial charge < -0.3 is 10.1 Å². The topological polar surface area (TPSA) is 112 Å². The molecule has 0 atom stereocenters. The smallest absolute Gasteiger partial charge is 0.487 e. The molecule has 0 fully saturated rings. The highest BCUT2D eigenvalue weighted by Gasteiger charge is 2.80. The lowest BCUT2D eigenvalue weighted by Crippen LogP contribution is -2.61. The van der Waals surface area contributed by atoms with Crippen molar-refractivity contribution >= 4 is 34.6 Å². The Hall–Kier alpha value is -3.99. The van der Waals surface area contributed by atoms with Crippen molar-refractivity contribution in [2.24, 2.45) is 0 Å². The molecule has 0 saturated carbocycles. The molecule has 0 unspecified atom stereocenters. The van der Waals surface area contributed by atoms with Gasteiger partial charge in [0.25, 0.3) is 5.91 Å². The Bertz CT molecular complexity index is 1440. The van der Waals surface area contributed by atoms with Crippen molar-refractivity contribution in [1.29, 1.82) is 0 Å². The molecule has 0 heterocycles. The van der Waals surface area contributed by atoms with E-state index in [9.17, 15) is 72.0 Å². The van der Waals surface area contributed by atoms with Gasteiger partial charge in [-0.3, -0.25) is 20.2 Å². The number of thiocarbonyl (C=S) groups is 1. The molecule has 250 valence electrons. The molecular weight excluding hydrogens is 681 g/mol. The van der Waals surface area contributed by atoms with Gasteiger partial charge in [0.1, 0.15) is 0 Å². The Balaban J connectivity index is 2.26. The second-order valence-electron chi connectivity index (χ2n) is 8.21. The van der Waals surface area contributed by atoms with Gasteiger partial charge in [-0.05, 0) is 43.4 Å². The van der Waals surface area contributed by atoms with Gasteiger partial charge in [0.2, 0.25) is 0 Å². The maximum absolute atomic E-state index is 14.5. The monoisotopic (exact) mass is 695 g/mol. The zero-order chi connectivity index (χ0) is 34.8. The summed E-state index contributed by atoms with van der Waals surface area (Å²) in [6, 6.07) is 4.33. The number of carbonyl (C=O) groups is 1. The third-order valence-electron chi connectivity index (χ3n) is 5.02. The summed E-state index contributed by atoms with van der Waals surface area (Å²) in [5.41, 5.74) is -3.75. The Labute approximate surface area is 246 Å². The fraction of sp³-hybridized carbons (Fsp3) is 0.364. The molecular formula is C22H14F13N3O6S. The second-order valence-corrected chi connectivity index (χ2v) is 8.62. The minimum absolute atomic E-state index is 0.0229. The summed E-state index contributed by atoms with van der Waals surface area (Å²) < 4.78 is 182. The van der Waals surface area contributed by atoms with Crippen LogP contribution in [0.2, 0.25) is 0 Å². The molecule has 9 nitrogen and oxygen atoms in total. The first kappa shape index (κ1) is 37.2. The van der Waals surface area contributed by atoms with E-state index in [0.717, 1.165) is 24.3 Å². The number of halogens is 13. The van der Waals surface area contributed by atoms with E-state index in [2.05, 4.69) is 0 Å². The molecule has 0 spiro atoms. The van der Waals surface area contributed by atoms with Crippen LogP contribution in [0, 0.1) is 10.1 Å². The van der Waals surface area contributed by atoms with Crippen molar-refractivity contribution in [1.82, 2.24) is 5.32 Å². The summed E-state index contributed by atoms with van der Waals surface area (Å²) in [4.78, 5) is 22.7. The first-order valence-corrected chi connectivity index (χ1v) is 11.7. The maximum Gasteiger partial charge on any atom is 0.527 e. The van der Waals surface area contributed by atoms with E-state index in [1.165, 1.54) is 11.7 Å². The molecule has 0 aliphatic heterocycles. The highest BCUT2D eigenvalue weighted by atomic mass is 32.1. The molecule has 2 N–H and O–H groups in total. The molecule has 0 aliphatic rings. The lowest BCUT2D eigenvalue weighted by atomic mass is 10.1. The van der Waals surface area contributed by atoms with Crippen molar-refractivity contribution in [2.75, 3.05) is 11.9 Å². The zero-order valence-electron chi connectivity index (χ0n) is 21.5. The Morgan fingerprint density at radius 2 is 1.44 bits per heavy atom. The van der Waals surface area contributed by atoms with E-state index < -0.39 is 69.4 Å². The van der Waals surface area contributed by atoms with Gasteiger partial charge in [-0.1, -0.05) is 12.1 Å². The summed E-state index contributed by atoms with van der Waals surface area (Å²) >= 11 is 4.75. The van der Waals surface area contributed by atoms with E-state index in [0.29, 0.717) is 6.07 Å². The Morgan fingerprint density at radius 1 is 0.867 bits per heavy atom. The average molecular weight is 695 g/mol. The molecule has 2 rings (SSSR count). The highest BCUT2D eigenvalue weighted by molar-refractivity contribution is 7.80. The minimum atomic E-state index is -7.58. The molecule has 0 aliphatic carbocycles. The summed E-state index contributed by atoms with van der Waals surface area (Å²) in [5, 5.41) is 14.4. The highest BCUT2D eigenvalue weighted by Crippen LogP contribution is 2.54. The van der Waals surface area contributed by atoms with E-state index in [1.54, 1.807) is 0 Å². The predicted octanol–water partition coefficient (Wildman–Crippen LogP) is 7.18. The number of amides is 1. The van der Waals surface area contributed by atoms with E-state index >= 15 is 0 Å². The summed E-state index contributed by atoms with van der Waals surface area (Å²) in [5.74, 6) is -15.0. The summed E-state index contributed by atoms with van der Waals surface area (Å²) in [6.45, 7) is 1.54. The van der Waals surface area contributed by atoms with Gasteiger partial charge in [0.15, 0.2) is 10.9 Å². The molecule has 2 aromatic carbocycles. The van der Waals surface area contributed by atoms with Crippen molar-refractivity contribution in [2.45, 2.75) is 43.5 Å². The molecule has 0 bridgehead atoms. The normalized spacial score (nSPS) is 13.3. The van der Waals surface area contributed by atoms with Crippen molar-refractivity contribution in [3.63, 3.8) is 0 Å². The Morgan fingerprint density at radius 3 is 1.98 bits per heavy atom. The van der Waals surface area contributed by atoms with Crippen LogP contribution in [0.4, 0.5) is 68.5 Å². The Kier molecular flexibility index (Phi) is 10.6. The van der Waals surface area contributed by atoms with Crippen molar-refractivity contribution < 1.29 is 81.0 Å². The maximum atomic E-state index is 14.5. The average Bonchev–Trinajstić information content (AvgIpc) is 2.86. The summed E-state index contributed by atoms with van der Waals surface area (Å²) in [6.07, 6.45) is -28.2. The van der Waals surface area contributed by atoms with E-state index in [1.807, 2.05) is 15.4 Å². The first-order chi connectivity index (χ1) is 20.3. The number of nitrogens with one attached hydrogen (secondary N) is 2. The van der Waals surface area contributed by atoms with Crippen LogP contribution in [0.5, 0.6) is 5.75 Å². The lowest BCUT2D eigenvalue weighted by Gasteiger charge is -2.35. The van der Waals surface area contributed by atoms with Gasteiger partial charge in [-0.25, -0.2) is 9.47 Å². The number of anilines is 1. The van der Waals surface area contributed by atoms with Crippen LogP contribution in [0.15, 0.2) is 42.5 Å². The third-order valence-corrected chi connectivity index (χ3v) is 5.23. The van der Waals surface area contributed by atoms with E-state index in [-0.39, 0.29) is 30.1 Å². The van der Waals surface area contributed by atoms with Crippen molar-refractivity contribution in [3.8, 4) is 5.75 Å². The molecule has 1 amide bonds. The van der Waals surface area contributed by atoms with Gasteiger partial charge >= 0.3 is 42.2 Å². The van der Waals surface area contributed by atoms with Crippen LogP contribution in [-0.2, 0) is 15.4 Å². The van der Waals surface area contributed by atoms with Gasteiger partial charge in [0, 0.05) is 22.9 Å². The predicted molar refractivity (Wildman–Crippen MR) is 126 cm³/mol. The number of alkyl halides is 13.